The Morgan fingerprint density at radius 2 is 1.91 bits per heavy atom. The van der Waals surface area contributed by atoms with E-state index in [0.717, 1.165) is 10.9 Å². The van der Waals surface area contributed by atoms with Crippen molar-refractivity contribution in [2.24, 2.45) is 0 Å². The SMILES string of the molecule is CCOc1ccc2c(C)c(-c3ccc(Cl)cc3Cl)c(=O)oc2c1. The highest BCUT2D eigenvalue weighted by atomic mass is 35.5. The number of ether oxygens (including phenoxy) is 1. The minimum Gasteiger partial charge on any atom is -0.494 e. The summed E-state index contributed by atoms with van der Waals surface area (Å²) in [5.74, 6) is 0.667. The molecule has 0 aliphatic heterocycles. The third-order valence-corrected chi connectivity index (χ3v) is 4.20. The zero-order valence-electron chi connectivity index (χ0n) is 12.7. The standard InChI is InChI=1S/C18H14Cl2O3/c1-3-22-12-5-7-13-10(2)17(18(21)23-16(13)9-12)14-6-4-11(19)8-15(14)20/h4-9H,3H2,1-2H3. The van der Waals surface area contributed by atoms with E-state index < -0.39 is 5.63 Å². The van der Waals surface area contributed by atoms with E-state index in [2.05, 4.69) is 0 Å². The fourth-order valence-electron chi connectivity index (χ4n) is 2.60. The number of fused-ring (bicyclic) bond motifs is 1. The van der Waals surface area contributed by atoms with Crippen molar-refractivity contribution in [1.29, 1.82) is 0 Å². The first-order valence-corrected chi connectivity index (χ1v) is 7.92. The topological polar surface area (TPSA) is 39.4 Å². The fraction of sp³-hybridized carbons (Fsp3) is 0.167. The largest absolute Gasteiger partial charge is 0.494 e. The van der Waals surface area contributed by atoms with Crippen LogP contribution >= 0.6 is 23.2 Å². The minimum atomic E-state index is -0.437. The third-order valence-electron chi connectivity index (χ3n) is 3.65. The molecule has 3 rings (SSSR count). The summed E-state index contributed by atoms with van der Waals surface area (Å²) in [5.41, 5.74) is 1.92. The van der Waals surface area contributed by atoms with Crippen LogP contribution in [0, 0.1) is 6.92 Å². The Morgan fingerprint density at radius 3 is 2.61 bits per heavy atom. The van der Waals surface area contributed by atoms with Crippen LogP contribution in [0.2, 0.25) is 10.0 Å². The lowest BCUT2D eigenvalue weighted by Gasteiger charge is -2.11. The Labute approximate surface area is 143 Å². The van der Waals surface area contributed by atoms with Gasteiger partial charge in [-0.15, -0.1) is 0 Å². The molecule has 3 aromatic rings. The molecule has 5 heteroatoms. The van der Waals surface area contributed by atoms with E-state index in [0.29, 0.717) is 39.1 Å². The van der Waals surface area contributed by atoms with Crippen LogP contribution in [-0.2, 0) is 0 Å². The maximum atomic E-state index is 12.5. The van der Waals surface area contributed by atoms with Crippen LogP contribution in [0.4, 0.5) is 0 Å². The second-order valence-corrected chi connectivity index (χ2v) is 5.95. The van der Waals surface area contributed by atoms with Gasteiger partial charge in [0.2, 0.25) is 0 Å². The average molecular weight is 349 g/mol. The Kier molecular flexibility index (Phi) is 4.33. The van der Waals surface area contributed by atoms with E-state index in [4.69, 9.17) is 32.4 Å². The molecule has 0 bridgehead atoms. The van der Waals surface area contributed by atoms with Crippen LogP contribution in [-0.4, -0.2) is 6.61 Å². The predicted molar refractivity (Wildman–Crippen MR) is 93.8 cm³/mol. The summed E-state index contributed by atoms with van der Waals surface area (Å²) < 4.78 is 10.9. The fourth-order valence-corrected chi connectivity index (χ4v) is 3.10. The van der Waals surface area contributed by atoms with Crippen molar-refractivity contribution in [2.75, 3.05) is 6.61 Å². The van der Waals surface area contributed by atoms with Crippen molar-refractivity contribution in [3.05, 3.63) is 62.4 Å². The lowest BCUT2D eigenvalue weighted by atomic mass is 9.99. The summed E-state index contributed by atoms with van der Waals surface area (Å²) in [6, 6.07) is 10.5. The first-order chi connectivity index (χ1) is 11.0. The van der Waals surface area contributed by atoms with Crippen LogP contribution in [0.25, 0.3) is 22.1 Å². The van der Waals surface area contributed by atoms with E-state index in [1.54, 1.807) is 24.3 Å². The van der Waals surface area contributed by atoms with Crippen LogP contribution < -0.4 is 10.4 Å². The first-order valence-electron chi connectivity index (χ1n) is 7.17. The van der Waals surface area contributed by atoms with Crippen LogP contribution in [0.15, 0.2) is 45.6 Å². The zero-order chi connectivity index (χ0) is 16.6. The van der Waals surface area contributed by atoms with Gasteiger partial charge in [-0.25, -0.2) is 4.79 Å². The number of benzene rings is 2. The van der Waals surface area contributed by atoms with Crippen molar-refractivity contribution < 1.29 is 9.15 Å². The van der Waals surface area contributed by atoms with Gasteiger partial charge in [-0.1, -0.05) is 29.3 Å². The number of rotatable bonds is 3. The molecule has 0 aliphatic rings. The summed E-state index contributed by atoms with van der Waals surface area (Å²) in [6.07, 6.45) is 0. The van der Waals surface area contributed by atoms with E-state index >= 15 is 0 Å². The highest BCUT2D eigenvalue weighted by Gasteiger charge is 2.16. The Bertz CT molecular complexity index is 945. The van der Waals surface area contributed by atoms with Gasteiger partial charge in [0.1, 0.15) is 11.3 Å². The maximum Gasteiger partial charge on any atom is 0.344 e. The van der Waals surface area contributed by atoms with Gasteiger partial charge in [0, 0.05) is 22.0 Å². The molecular formula is C18H14Cl2O3. The highest BCUT2D eigenvalue weighted by molar-refractivity contribution is 6.36. The van der Waals surface area contributed by atoms with Gasteiger partial charge in [0.05, 0.1) is 17.2 Å². The van der Waals surface area contributed by atoms with Crippen LogP contribution in [0.1, 0.15) is 12.5 Å². The van der Waals surface area contributed by atoms with Crippen molar-refractivity contribution in [3.63, 3.8) is 0 Å². The second kappa shape index (κ2) is 6.26. The van der Waals surface area contributed by atoms with E-state index in [-0.39, 0.29) is 0 Å². The summed E-state index contributed by atoms with van der Waals surface area (Å²) in [7, 11) is 0. The van der Waals surface area contributed by atoms with Crippen LogP contribution in [0.5, 0.6) is 5.75 Å². The molecule has 0 unspecified atom stereocenters. The van der Waals surface area contributed by atoms with Crippen molar-refractivity contribution in [3.8, 4) is 16.9 Å². The van der Waals surface area contributed by atoms with E-state index in [1.807, 2.05) is 26.0 Å². The Morgan fingerprint density at radius 1 is 1.13 bits per heavy atom. The Balaban J connectivity index is 2.26. The summed E-state index contributed by atoms with van der Waals surface area (Å²) in [4.78, 5) is 12.5. The molecule has 1 heterocycles. The lowest BCUT2D eigenvalue weighted by molar-refractivity contribution is 0.340. The minimum absolute atomic E-state index is 0.415. The number of hydrogen-bond donors (Lipinski definition) is 0. The van der Waals surface area contributed by atoms with Gasteiger partial charge < -0.3 is 9.15 Å². The number of aryl methyl sites for hydroxylation is 1. The maximum absolute atomic E-state index is 12.5. The third kappa shape index (κ3) is 2.94. The molecule has 0 amide bonds. The normalized spacial score (nSPS) is 11.0. The predicted octanol–water partition coefficient (Wildman–Crippen LogP) is 5.47. The quantitative estimate of drug-likeness (QED) is 0.588. The molecule has 0 atom stereocenters. The summed E-state index contributed by atoms with van der Waals surface area (Å²) in [6.45, 7) is 4.32. The molecule has 0 saturated carbocycles. The monoisotopic (exact) mass is 348 g/mol. The molecule has 0 aliphatic carbocycles. The molecule has 3 nitrogen and oxygen atoms in total. The number of halogens is 2. The second-order valence-electron chi connectivity index (χ2n) is 5.10. The van der Waals surface area contributed by atoms with Gasteiger partial charge >= 0.3 is 5.63 Å². The van der Waals surface area contributed by atoms with Gasteiger partial charge in [-0.05, 0) is 43.7 Å². The first kappa shape index (κ1) is 15.9. The Hall–Kier alpha value is -1.97. The van der Waals surface area contributed by atoms with Gasteiger partial charge in [0.15, 0.2) is 0 Å². The highest BCUT2D eigenvalue weighted by Crippen LogP contribution is 2.33. The van der Waals surface area contributed by atoms with Crippen molar-refractivity contribution in [1.82, 2.24) is 0 Å². The molecule has 23 heavy (non-hydrogen) atoms. The molecule has 1 aromatic heterocycles. The summed E-state index contributed by atoms with van der Waals surface area (Å²) >= 11 is 12.2. The lowest BCUT2D eigenvalue weighted by Crippen LogP contribution is -2.06. The molecular weight excluding hydrogens is 335 g/mol. The van der Waals surface area contributed by atoms with Crippen molar-refractivity contribution in [2.45, 2.75) is 13.8 Å². The van der Waals surface area contributed by atoms with Gasteiger partial charge in [-0.2, -0.15) is 0 Å². The molecule has 0 N–H and O–H groups in total. The molecule has 0 saturated heterocycles. The van der Waals surface area contributed by atoms with E-state index in [9.17, 15) is 4.79 Å². The molecule has 2 aromatic carbocycles. The molecule has 118 valence electrons. The molecule has 0 fully saturated rings. The smallest absolute Gasteiger partial charge is 0.344 e. The van der Waals surface area contributed by atoms with Crippen LogP contribution in [0.3, 0.4) is 0 Å². The molecule has 0 radical (unpaired) electrons. The van der Waals surface area contributed by atoms with Crippen molar-refractivity contribution >= 4 is 34.2 Å². The van der Waals surface area contributed by atoms with E-state index in [1.165, 1.54) is 0 Å². The summed E-state index contributed by atoms with van der Waals surface area (Å²) in [5, 5.41) is 1.77. The molecule has 0 spiro atoms. The average Bonchev–Trinajstić information content (AvgIpc) is 2.49. The zero-order valence-corrected chi connectivity index (χ0v) is 14.2. The van der Waals surface area contributed by atoms with Gasteiger partial charge in [-0.3, -0.25) is 0 Å². The van der Waals surface area contributed by atoms with Gasteiger partial charge in [0.25, 0.3) is 0 Å². The number of hydrogen-bond acceptors (Lipinski definition) is 3.